The van der Waals surface area contributed by atoms with Crippen LogP contribution in [0.25, 0.3) is 0 Å². The molecule has 2 aliphatic heterocycles. The van der Waals surface area contributed by atoms with Crippen molar-refractivity contribution >= 4 is 45.9 Å². The largest absolute Gasteiger partial charge is 0.357 e. The average molecular weight is 559 g/mol. The van der Waals surface area contributed by atoms with E-state index in [1.807, 2.05) is 13.8 Å². The first-order valence-electron chi connectivity index (χ1n) is 10.7. The predicted molar refractivity (Wildman–Crippen MR) is 132 cm³/mol. The fraction of sp³-hybridized carbons (Fsp3) is 0.895. The zero-order chi connectivity index (χ0) is 21.4. The Morgan fingerprint density at radius 2 is 1.70 bits per heavy atom. The molecule has 176 valence electrons. The van der Waals surface area contributed by atoms with E-state index in [2.05, 4.69) is 27.4 Å². The molecule has 0 saturated carbocycles. The molecule has 30 heavy (non-hydrogen) atoms. The molecular weight excluding hydrogens is 519 g/mol. The molecule has 0 radical (unpaired) electrons. The van der Waals surface area contributed by atoms with Crippen LogP contribution in [0.3, 0.4) is 0 Å². The molecule has 2 heterocycles. The van der Waals surface area contributed by atoms with Gasteiger partial charge in [0.05, 0.1) is 12.8 Å². The van der Waals surface area contributed by atoms with Gasteiger partial charge in [-0.3, -0.25) is 14.7 Å². The number of sulfonamides is 1. The smallest absolute Gasteiger partial charge is 0.234 e. The lowest BCUT2D eigenvalue weighted by molar-refractivity contribution is -0.123. The third kappa shape index (κ3) is 9.23. The van der Waals surface area contributed by atoms with Gasteiger partial charge in [-0.15, -0.1) is 24.0 Å². The number of nitrogens with zero attached hydrogens (tertiary/aromatic N) is 4. The van der Waals surface area contributed by atoms with Crippen molar-refractivity contribution in [3.63, 3.8) is 0 Å². The second kappa shape index (κ2) is 13.0. The molecule has 2 saturated heterocycles. The Kier molecular flexibility index (Phi) is 11.9. The average Bonchev–Trinajstić information content (AvgIpc) is 2.65. The van der Waals surface area contributed by atoms with Crippen LogP contribution < -0.4 is 10.6 Å². The Balaban J connectivity index is 0.00000450. The van der Waals surface area contributed by atoms with E-state index in [1.165, 1.54) is 6.26 Å². The first kappa shape index (κ1) is 27.4. The van der Waals surface area contributed by atoms with Crippen LogP contribution in [0.5, 0.6) is 0 Å². The molecule has 0 spiro atoms. The van der Waals surface area contributed by atoms with Crippen molar-refractivity contribution in [1.29, 1.82) is 0 Å². The van der Waals surface area contributed by atoms with E-state index >= 15 is 0 Å². The number of rotatable bonds is 7. The van der Waals surface area contributed by atoms with E-state index in [-0.39, 0.29) is 35.9 Å². The Morgan fingerprint density at radius 1 is 1.10 bits per heavy atom. The van der Waals surface area contributed by atoms with Gasteiger partial charge in [0.25, 0.3) is 0 Å². The van der Waals surface area contributed by atoms with E-state index in [0.717, 1.165) is 58.1 Å². The van der Waals surface area contributed by atoms with E-state index in [4.69, 9.17) is 4.99 Å². The molecule has 2 N–H and O–H groups in total. The molecule has 11 heteroatoms. The number of piperidine rings is 1. The van der Waals surface area contributed by atoms with Crippen molar-refractivity contribution < 1.29 is 13.2 Å². The van der Waals surface area contributed by atoms with Gasteiger partial charge in [0.1, 0.15) is 0 Å². The van der Waals surface area contributed by atoms with E-state index in [0.29, 0.717) is 25.6 Å². The van der Waals surface area contributed by atoms with Crippen molar-refractivity contribution in [2.24, 2.45) is 10.9 Å². The number of piperazine rings is 1. The minimum absolute atomic E-state index is 0. The summed E-state index contributed by atoms with van der Waals surface area (Å²) in [6.45, 7) is 12.5. The van der Waals surface area contributed by atoms with Gasteiger partial charge in [0.15, 0.2) is 5.96 Å². The van der Waals surface area contributed by atoms with Gasteiger partial charge in [0.2, 0.25) is 15.9 Å². The van der Waals surface area contributed by atoms with Crippen molar-refractivity contribution in [2.75, 3.05) is 65.2 Å². The highest BCUT2D eigenvalue weighted by Gasteiger charge is 2.25. The number of aliphatic imine (C=N–C) groups is 1. The summed E-state index contributed by atoms with van der Waals surface area (Å²) < 4.78 is 24.9. The van der Waals surface area contributed by atoms with Crippen molar-refractivity contribution in [3.8, 4) is 0 Å². The fourth-order valence-corrected chi connectivity index (χ4v) is 4.63. The monoisotopic (exact) mass is 558 g/mol. The van der Waals surface area contributed by atoms with Crippen LogP contribution in [0.1, 0.15) is 33.6 Å². The number of nitrogens with one attached hydrogen (secondary N) is 2. The normalized spacial score (nSPS) is 20.2. The standard InChI is InChI=1S/C19H38N6O3S.HI/c1-5-20-19(21-14-17-6-8-25(9-7-17)29(4,27)28)24-12-10-23(11-13-24)15-18(26)22-16(2)3;/h16-17H,5-15H2,1-4H3,(H,20,21)(H,22,26);1H. The highest BCUT2D eigenvalue weighted by Crippen LogP contribution is 2.19. The number of carbonyl (C=O) groups excluding carboxylic acids is 1. The maximum atomic E-state index is 12.0. The summed E-state index contributed by atoms with van der Waals surface area (Å²) in [5.74, 6) is 1.42. The molecule has 0 aliphatic carbocycles. The van der Waals surface area contributed by atoms with Crippen LogP contribution >= 0.6 is 24.0 Å². The molecule has 0 atom stereocenters. The molecule has 9 nitrogen and oxygen atoms in total. The SMILES string of the molecule is CCNC(=NCC1CCN(S(C)(=O)=O)CC1)N1CCN(CC(=O)NC(C)C)CC1.I. The van der Waals surface area contributed by atoms with Crippen LogP contribution in [0.2, 0.25) is 0 Å². The van der Waals surface area contributed by atoms with E-state index in [9.17, 15) is 13.2 Å². The summed E-state index contributed by atoms with van der Waals surface area (Å²) in [6, 6.07) is 0.167. The summed E-state index contributed by atoms with van der Waals surface area (Å²) in [7, 11) is -3.08. The molecule has 0 aromatic heterocycles. The Labute approximate surface area is 199 Å². The highest BCUT2D eigenvalue weighted by molar-refractivity contribution is 14.0. The molecular formula is C19H39IN6O3S. The minimum Gasteiger partial charge on any atom is -0.357 e. The minimum atomic E-state index is -3.08. The molecule has 1 amide bonds. The van der Waals surface area contributed by atoms with Crippen molar-refractivity contribution in [2.45, 2.75) is 39.7 Å². The van der Waals surface area contributed by atoms with E-state index in [1.54, 1.807) is 4.31 Å². The fourth-order valence-electron chi connectivity index (χ4n) is 3.75. The van der Waals surface area contributed by atoms with Crippen LogP contribution in [0.4, 0.5) is 0 Å². The Hall–Kier alpha value is -0.660. The van der Waals surface area contributed by atoms with Gasteiger partial charge in [0, 0.05) is 58.4 Å². The van der Waals surface area contributed by atoms with Gasteiger partial charge in [-0.05, 0) is 39.5 Å². The predicted octanol–water partition coefficient (Wildman–Crippen LogP) is 0.384. The lowest BCUT2D eigenvalue weighted by Crippen LogP contribution is -2.54. The van der Waals surface area contributed by atoms with Gasteiger partial charge in [-0.1, -0.05) is 0 Å². The number of amides is 1. The summed E-state index contributed by atoms with van der Waals surface area (Å²) in [6.07, 6.45) is 2.99. The molecule has 2 fully saturated rings. The number of halogens is 1. The molecule has 0 bridgehead atoms. The second-order valence-corrected chi connectivity index (χ2v) is 10.3. The molecule has 2 aliphatic rings. The first-order chi connectivity index (χ1) is 13.7. The number of hydrogen-bond acceptors (Lipinski definition) is 5. The molecule has 2 rings (SSSR count). The maximum absolute atomic E-state index is 12.0. The molecule has 0 aromatic carbocycles. The maximum Gasteiger partial charge on any atom is 0.234 e. The summed E-state index contributed by atoms with van der Waals surface area (Å²) in [5, 5.41) is 6.32. The van der Waals surface area contributed by atoms with Crippen LogP contribution in [-0.4, -0.2) is 106 Å². The van der Waals surface area contributed by atoms with E-state index < -0.39 is 10.0 Å². The quantitative estimate of drug-likeness (QED) is 0.267. The number of guanidine groups is 1. The Bertz CT molecular complexity index is 657. The summed E-state index contributed by atoms with van der Waals surface area (Å²) in [4.78, 5) is 21.2. The van der Waals surface area contributed by atoms with Gasteiger partial charge in [-0.2, -0.15) is 0 Å². The third-order valence-electron chi connectivity index (χ3n) is 5.37. The topological polar surface area (TPSA) is 97.3 Å². The lowest BCUT2D eigenvalue weighted by Gasteiger charge is -2.36. The third-order valence-corrected chi connectivity index (χ3v) is 6.67. The summed E-state index contributed by atoms with van der Waals surface area (Å²) >= 11 is 0. The van der Waals surface area contributed by atoms with Gasteiger partial charge >= 0.3 is 0 Å². The summed E-state index contributed by atoms with van der Waals surface area (Å²) in [5.41, 5.74) is 0. The van der Waals surface area contributed by atoms with Crippen LogP contribution in [-0.2, 0) is 14.8 Å². The first-order valence-corrected chi connectivity index (χ1v) is 12.5. The van der Waals surface area contributed by atoms with Crippen LogP contribution in [0.15, 0.2) is 4.99 Å². The molecule has 0 unspecified atom stereocenters. The number of hydrogen-bond donors (Lipinski definition) is 2. The highest BCUT2D eigenvalue weighted by atomic mass is 127. The zero-order valence-corrected chi connectivity index (χ0v) is 21.9. The number of carbonyl (C=O) groups is 1. The second-order valence-electron chi connectivity index (χ2n) is 8.29. The van der Waals surface area contributed by atoms with Gasteiger partial charge < -0.3 is 15.5 Å². The zero-order valence-electron chi connectivity index (χ0n) is 18.8. The van der Waals surface area contributed by atoms with Gasteiger partial charge in [-0.25, -0.2) is 12.7 Å². The van der Waals surface area contributed by atoms with Crippen LogP contribution in [0, 0.1) is 5.92 Å². The van der Waals surface area contributed by atoms with Crippen molar-refractivity contribution in [3.05, 3.63) is 0 Å². The Morgan fingerprint density at radius 3 is 2.20 bits per heavy atom. The van der Waals surface area contributed by atoms with Crippen molar-refractivity contribution in [1.82, 2.24) is 24.7 Å². The molecule has 0 aromatic rings. The lowest BCUT2D eigenvalue weighted by atomic mass is 9.98.